The van der Waals surface area contributed by atoms with Crippen LogP contribution in [0.2, 0.25) is 10.0 Å². The Morgan fingerprint density at radius 2 is 1.83 bits per heavy atom. The minimum atomic E-state index is -0.717. The highest BCUT2D eigenvalue weighted by Gasteiger charge is 2.34. The van der Waals surface area contributed by atoms with Crippen LogP contribution in [0.4, 0.5) is 10.1 Å². The van der Waals surface area contributed by atoms with Crippen LogP contribution in [0.1, 0.15) is 27.4 Å². The van der Waals surface area contributed by atoms with Crippen molar-refractivity contribution in [1.82, 2.24) is 24.7 Å². The number of nitrogens with one attached hydrogen (secondary N) is 2. The largest absolute Gasteiger partial charge is 0.494 e. The number of aliphatic hydroxyl groups excluding tert-OH is 1. The molecule has 11 nitrogen and oxygen atoms in total. The monoisotopic (exact) mass is 618 g/mol. The van der Waals surface area contributed by atoms with E-state index in [1.54, 1.807) is 29.0 Å². The Hall–Kier alpha value is -3.71. The van der Waals surface area contributed by atoms with Crippen LogP contribution in [0.5, 0.6) is 5.75 Å². The van der Waals surface area contributed by atoms with E-state index in [0.29, 0.717) is 56.1 Å². The van der Waals surface area contributed by atoms with Gasteiger partial charge >= 0.3 is 0 Å². The van der Waals surface area contributed by atoms with Gasteiger partial charge in [0.25, 0.3) is 11.8 Å². The van der Waals surface area contributed by atoms with Crippen LogP contribution < -0.4 is 15.4 Å². The van der Waals surface area contributed by atoms with Crippen molar-refractivity contribution in [2.24, 2.45) is 7.05 Å². The normalized spacial score (nSPS) is 18.7. The third kappa shape index (κ3) is 5.80. The van der Waals surface area contributed by atoms with E-state index in [-0.39, 0.29) is 39.0 Å². The van der Waals surface area contributed by atoms with Crippen molar-refractivity contribution in [2.45, 2.75) is 18.6 Å². The van der Waals surface area contributed by atoms with Gasteiger partial charge in [-0.25, -0.2) is 9.37 Å². The van der Waals surface area contributed by atoms with Crippen LogP contribution in [-0.4, -0.2) is 94.2 Å². The van der Waals surface area contributed by atoms with E-state index < -0.39 is 23.9 Å². The molecule has 42 heavy (non-hydrogen) atoms. The lowest BCUT2D eigenvalue weighted by molar-refractivity contribution is -0.134. The Balaban J connectivity index is 1.22. The molecule has 0 saturated carbocycles. The number of methoxy groups -OCH3 is 1. The van der Waals surface area contributed by atoms with Crippen LogP contribution >= 0.6 is 23.2 Å². The van der Waals surface area contributed by atoms with Gasteiger partial charge in [-0.05, 0) is 36.8 Å². The van der Waals surface area contributed by atoms with Gasteiger partial charge in [-0.15, -0.1) is 0 Å². The molecule has 222 valence electrons. The summed E-state index contributed by atoms with van der Waals surface area (Å²) in [7, 11) is 2.94. The molecule has 2 fully saturated rings. The molecule has 0 aliphatic carbocycles. The molecule has 2 saturated heterocycles. The summed E-state index contributed by atoms with van der Waals surface area (Å²) < 4.78 is 20.9. The number of carbonyl (C=O) groups excluding carboxylic acids is 3. The number of carbonyl (C=O) groups is 3. The molecule has 2 aliphatic rings. The second-order valence-electron chi connectivity index (χ2n) is 10.1. The first-order chi connectivity index (χ1) is 20.1. The summed E-state index contributed by atoms with van der Waals surface area (Å²) in [5.74, 6) is -1.57. The molecule has 3 N–H and O–H groups in total. The van der Waals surface area contributed by atoms with Gasteiger partial charge in [0, 0.05) is 51.0 Å². The lowest BCUT2D eigenvalue weighted by Gasteiger charge is -2.36. The van der Waals surface area contributed by atoms with Gasteiger partial charge < -0.3 is 34.8 Å². The van der Waals surface area contributed by atoms with Crippen LogP contribution in [0.15, 0.2) is 36.5 Å². The maximum absolute atomic E-state index is 14.5. The van der Waals surface area contributed by atoms with E-state index in [1.165, 1.54) is 36.1 Å². The van der Waals surface area contributed by atoms with Crippen molar-refractivity contribution in [1.29, 1.82) is 0 Å². The van der Waals surface area contributed by atoms with Crippen LogP contribution in [0.3, 0.4) is 0 Å². The van der Waals surface area contributed by atoms with Crippen molar-refractivity contribution in [3.05, 3.63) is 63.8 Å². The number of rotatable bonds is 6. The Kier molecular flexibility index (Phi) is 8.69. The summed E-state index contributed by atoms with van der Waals surface area (Å²) in [5.41, 5.74) is 1.38. The standard InChI is InChI=1S/C28H29Cl2FN6O5/c1-35-21(18-5-6-22(42-2)24(31)23(18)30)14-33-25(35)26(39)34-15-3-4-17(19(29)11-15)27(40)36-7-9-37(10-8-36)28(41)20-12-16(38)13-32-20/h3-6,11,14,16,20,32,38H,7-10,12-13H2,1-2H3,(H,34,39)/t16-,20-/m0/s1. The van der Waals surface area contributed by atoms with E-state index in [1.807, 2.05) is 0 Å². The summed E-state index contributed by atoms with van der Waals surface area (Å²) >= 11 is 12.6. The topological polar surface area (TPSA) is 129 Å². The average molecular weight is 619 g/mol. The lowest BCUT2D eigenvalue weighted by atomic mass is 10.1. The summed E-state index contributed by atoms with van der Waals surface area (Å²) in [5, 5.41) is 15.4. The molecule has 0 bridgehead atoms. The number of piperazine rings is 1. The summed E-state index contributed by atoms with van der Waals surface area (Å²) in [6.45, 7) is 1.85. The molecule has 0 spiro atoms. The molecular weight excluding hydrogens is 590 g/mol. The number of hydrogen-bond donors (Lipinski definition) is 3. The van der Waals surface area contributed by atoms with Gasteiger partial charge in [-0.1, -0.05) is 23.2 Å². The minimum Gasteiger partial charge on any atom is -0.494 e. The van der Waals surface area contributed by atoms with E-state index in [2.05, 4.69) is 15.6 Å². The molecule has 3 amide bonds. The molecule has 14 heteroatoms. The summed E-state index contributed by atoms with van der Waals surface area (Å²) in [4.78, 5) is 46.4. The third-order valence-corrected chi connectivity index (χ3v) is 8.16. The van der Waals surface area contributed by atoms with E-state index in [4.69, 9.17) is 27.9 Å². The first-order valence-corrected chi connectivity index (χ1v) is 14.0. The van der Waals surface area contributed by atoms with Crippen molar-refractivity contribution >= 4 is 46.6 Å². The average Bonchev–Trinajstić information content (AvgIpc) is 3.59. The van der Waals surface area contributed by atoms with Crippen molar-refractivity contribution in [2.75, 3.05) is 45.2 Å². The van der Waals surface area contributed by atoms with E-state index in [9.17, 15) is 23.9 Å². The predicted molar refractivity (Wildman–Crippen MR) is 154 cm³/mol. The molecule has 3 heterocycles. The van der Waals surface area contributed by atoms with Crippen LogP contribution in [0, 0.1) is 5.82 Å². The van der Waals surface area contributed by atoms with Gasteiger partial charge in [0.15, 0.2) is 17.4 Å². The second-order valence-corrected chi connectivity index (χ2v) is 10.9. The zero-order chi connectivity index (χ0) is 30.1. The first kappa shape index (κ1) is 29.8. The number of nitrogens with zero attached hydrogens (tertiary/aromatic N) is 4. The third-order valence-electron chi connectivity index (χ3n) is 7.48. The van der Waals surface area contributed by atoms with Crippen molar-refractivity contribution in [3.8, 4) is 17.0 Å². The molecular formula is C28H29Cl2FN6O5. The Labute approximate surface area is 251 Å². The summed E-state index contributed by atoms with van der Waals surface area (Å²) in [6.07, 6.45) is 1.27. The number of hydrogen-bond acceptors (Lipinski definition) is 7. The number of imidazole rings is 1. The minimum absolute atomic E-state index is 0.00144. The fourth-order valence-electron chi connectivity index (χ4n) is 5.14. The maximum Gasteiger partial charge on any atom is 0.291 e. The number of halogens is 3. The molecule has 0 radical (unpaired) electrons. The Morgan fingerprint density at radius 1 is 1.12 bits per heavy atom. The molecule has 0 unspecified atom stereocenters. The Bertz CT molecular complexity index is 1540. The van der Waals surface area contributed by atoms with Crippen molar-refractivity contribution in [3.63, 3.8) is 0 Å². The van der Waals surface area contributed by atoms with E-state index in [0.717, 1.165) is 0 Å². The number of aromatic nitrogens is 2. The van der Waals surface area contributed by atoms with Crippen LogP contribution in [0.25, 0.3) is 11.3 Å². The number of amides is 3. The highest BCUT2D eigenvalue weighted by atomic mass is 35.5. The predicted octanol–water partition coefficient (Wildman–Crippen LogP) is 2.80. The zero-order valence-electron chi connectivity index (χ0n) is 22.9. The molecule has 2 aliphatic heterocycles. The fraction of sp³-hybridized carbons (Fsp3) is 0.357. The number of ether oxygens (including phenoxy) is 1. The summed E-state index contributed by atoms with van der Waals surface area (Å²) in [6, 6.07) is 7.18. The molecule has 2 aromatic carbocycles. The van der Waals surface area contributed by atoms with Gasteiger partial charge in [-0.3, -0.25) is 14.4 Å². The number of anilines is 1. The highest BCUT2D eigenvalue weighted by Crippen LogP contribution is 2.35. The molecule has 1 aromatic heterocycles. The van der Waals surface area contributed by atoms with Gasteiger partial charge in [0.1, 0.15) is 0 Å². The number of benzene rings is 2. The number of aliphatic hydroxyl groups is 1. The Morgan fingerprint density at radius 3 is 2.48 bits per heavy atom. The van der Waals surface area contributed by atoms with Crippen LogP contribution in [-0.2, 0) is 11.8 Å². The SMILES string of the molecule is COc1ccc(-c2cnc(C(=O)Nc3ccc(C(=O)N4CCN(C(=O)[C@@H]5C[C@H](O)CN5)CC4)c(Cl)c3)n2C)c(Cl)c1F. The quantitative estimate of drug-likeness (QED) is 0.387. The second kappa shape index (κ2) is 12.3. The van der Waals surface area contributed by atoms with Crippen molar-refractivity contribution < 1.29 is 28.6 Å². The smallest absolute Gasteiger partial charge is 0.291 e. The molecule has 3 aromatic rings. The molecule has 5 rings (SSSR count). The van der Waals surface area contributed by atoms with Gasteiger partial charge in [0.2, 0.25) is 5.91 Å². The maximum atomic E-state index is 14.5. The number of β-amino-alcohol motifs (C(OH)–C–C–N with tert-alkyl or cyclic N) is 1. The molecule has 2 atom stereocenters. The van der Waals surface area contributed by atoms with Gasteiger partial charge in [-0.2, -0.15) is 0 Å². The zero-order valence-corrected chi connectivity index (χ0v) is 24.4. The fourth-order valence-corrected chi connectivity index (χ4v) is 5.65. The lowest BCUT2D eigenvalue weighted by Crippen LogP contribution is -2.54. The van der Waals surface area contributed by atoms with Gasteiger partial charge in [0.05, 0.1) is 46.8 Å². The first-order valence-electron chi connectivity index (χ1n) is 13.2. The highest BCUT2D eigenvalue weighted by molar-refractivity contribution is 6.34. The van der Waals surface area contributed by atoms with E-state index >= 15 is 0 Å².